The summed E-state index contributed by atoms with van der Waals surface area (Å²) in [5.41, 5.74) is 5.10. The Labute approximate surface area is 100 Å². The summed E-state index contributed by atoms with van der Waals surface area (Å²) >= 11 is 0. The normalized spacial score (nSPS) is 10.8. The van der Waals surface area contributed by atoms with Gasteiger partial charge in [0, 0.05) is 0 Å². The lowest BCUT2D eigenvalue weighted by atomic mass is 10.1. The minimum atomic E-state index is -4.50. The Morgan fingerprint density at radius 3 is 2.39 bits per heavy atom. The van der Waals surface area contributed by atoms with Crippen LogP contribution in [-0.2, 0) is 0 Å². The Hall–Kier alpha value is -2.25. The molecule has 1 aromatic rings. The molecular weight excluding hydrogens is 251 g/mol. The third-order valence-electron chi connectivity index (χ3n) is 1.89. The second kappa shape index (κ2) is 5.39. The van der Waals surface area contributed by atoms with Gasteiger partial charge < -0.3 is 16.4 Å². The van der Waals surface area contributed by atoms with Gasteiger partial charge in [0.1, 0.15) is 6.54 Å². The third kappa shape index (κ3) is 4.32. The fourth-order valence-corrected chi connectivity index (χ4v) is 1.15. The van der Waals surface area contributed by atoms with Crippen LogP contribution in [0.2, 0.25) is 0 Å². The molecule has 0 spiro atoms. The lowest BCUT2D eigenvalue weighted by Crippen LogP contribution is -2.37. The predicted octanol–water partition coefficient (Wildman–Crippen LogP) is 1.47. The van der Waals surface area contributed by atoms with E-state index in [1.807, 2.05) is 0 Å². The maximum Gasteiger partial charge on any atom is 0.405 e. The lowest BCUT2D eigenvalue weighted by molar-refractivity contribution is -0.122. The van der Waals surface area contributed by atoms with Crippen LogP contribution < -0.4 is 16.4 Å². The van der Waals surface area contributed by atoms with E-state index in [0.717, 1.165) is 0 Å². The van der Waals surface area contributed by atoms with Gasteiger partial charge >= 0.3 is 12.2 Å². The van der Waals surface area contributed by atoms with Crippen molar-refractivity contribution >= 4 is 17.6 Å². The molecule has 1 aromatic carbocycles. The van der Waals surface area contributed by atoms with Gasteiger partial charge in [0.05, 0.1) is 11.3 Å². The average Bonchev–Trinajstić information content (AvgIpc) is 2.26. The summed E-state index contributed by atoms with van der Waals surface area (Å²) in [4.78, 5) is 22.2. The van der Waals surface area contributed by atoms with Crippen LogP contribution in [0.5, 0.6) is 0 Å². The zero-order valence-electron chi connectivity index (χ0n) is 9.04. The number of carbonyl (C=O) groups is 2. The Morgan fingerprint density at radius 2 is 1.83 bits per heavy atom. The van der Waals surface area contributed by atoms with Gasteiger partial charge in [0.2, 0.25) is 0 Å². The van der Waals surface area contributed by atoms with Crippen molar-refractivity contribution in [1.29, 1.82) is 0 Å². The molecule has 18 heavy (non-hydrogen) atoms. The van der Waals surface area contributed by atoms with Crippen LogP contribution in [0.15, 0.2) is 24.3 Å². The number of halogens is 3. The molecule has 0 radical (unpaired) electrons. The fraction of sp³-hybridized carbons (Fsp3) is 0.200. The van der Waals surface area contributed by atoms with Crippen molar-refractivity contribution in [3.05, 3.63) is 29.8 Å². The summed E-state index contributed by atoms with van der Waals surface area (Å²) in [5.74, 6) is -0.790. The molecule has 1 rings (SSSR count). The molecule has 0 aliphatic heterocycles. The molecule has 0 aliphatic carbocycles. The number of urea groups is 1. The first kappa shape index (κ1) is 13.8. The van der Waals surface area contributed by atoms with E-state index >= 15 is 0 Å². The SMILES string of the molecule is NC(=O)c1ccccc1NC(=O)NCC(F)(F)F. The molecule has 0 heterocycles. The van der Waals surface area contributed by atoms with E-state index in [4.69, 9.17) is 5.73 Å². The molecule has 0 bridgehead atoms. The first-order valence-corrected chi connectivity index (χ1v) is 4.80. The van der Waals surface area contributed by atoms with Gasteiger partial charge in [-0.25, -0.2) is 4.79 Å². The highest BCUT2D eigenvalue weighted by molar-refractivity contribution is 6.02. The number of alkyl halides is 3. The number of hydrogen-bond acceptors (Lipinski definition) is 2. The molecule has 3 amide bonds. The average molecular weight is 261 g/mol. The van der Waals surface area contributed by atoms with E-state index < -0.39 is 24.7 Å². The maximum atomic E-state index is 11.8. The summed E-state index contributed by atoms with van der Waals surface area (Å²) in [6.07, 6.45) is -4.50. The van der Waals surface area contributed by atoms with Crippen LogP contribution in [0, 0.1) is 0 Å². The molecular formula is C10H10F3N3O2. The molecule has 0 aromatic heterocycles. The van der Waals surface area contributed by atoms with E-state index in [-0.39, 0.29) is 11.3 Å². The quantitative estimate of drug-likeness (QED) is 0.769. The fourth-order valence-electron chi connectivity index (χ4n) is 1.15. The molecule has 8 heteroatoms. The van der Waals surface area contributed by atoms with E-state index in [2.05, 4.69) is 5.32 Å². The van der Waals surface area contributed by atoms with Crippen molar-refractivity contribution < 1.29 is 22.8 Å². The van der Waals surface area contributed by atoms with Gasteiger partial charge in [-0.15, -0.1) is 0 Å². The Kier molecular flexibility index (Phi) is 4.13. The number of rotatable bonds is 3. The van der Waals surface area contributed by atoms with E-state index in [1.165, 1.54) is 24.3 Å². The molecule has 0 aliphatic rings. The van der Waals surface area contributed by atoms with Crippen LogP contribution in [-0.4, -0.2) is 24.7 Å². The van der Waals surface area contributed by atoms with Gasteiger partial charge in [-0.3, -0.25) is 4.79 Å². The number of carbonyl (C=O) groups excluding carboxylic acids is 2. The van der Waals surface area contributed by atoms with Crippen molar-refractivity contribution in [3.8, 4) is 0 Å². The second-order valence-electron chi connectivity index (χ2n) is 3.33. The largest absolute Gasteiger partial charge is 0.405 e. The number of nitrogens with two attached hydrogens (primary N) is 1. The molecule has 98 valence electrons. The van der Waals surface area contributed by atoms with Crippen molar-refractivity contribution in [2.45, 2.75) is 6.18 Å². The van der Waals surface area contributed by atoms with Crippen LogP contribution >= 0.6 is 0 Å². The number of anilines is 1. The molecule has 4 N–H and O–H groups in total. The molecule has 0 saturated carbocycles. The van der Waals surface area contributed by atoms with Crippen molar-refractivity contribution in [1.82, 2.24) is 5.32 Å². The van der Waals surface area contributed by atoms with Crippen molar-refractivity contribution in [2.75, 3.05) is 11.9 Å². The highest BCUT2D eigenvalue weighted by Gasteiger charge is 2.27. The standard InChI is InChI=1S/C10H10F3N3O2/c11-10(12,13)5-15-9(18)16-7-4-2-1-3-6(7)8(14)17/h1-4H,5H2,(H2,14,17)(H2,15,16,18). The number of nitrogens with one attached hydrogen (secondary N) is 2. The minimum Gasteiger partial charge on any atom is -0.366 e. The van der Waals surface area contributed by atoms with Crippen LogP contribution in [0.1, 0.15) is 10.4 Å². The number of para-hydroxylation sites is 1. The summed E-state index contributed by atoms with van der Waals surface area (Å²) in [5, 5.41) is 3.72. The highest BCUT2D eigenvalue weighted by Crippen LogP contribution is 2.15. The van der Waals surface area contributed by atoms with Crippen LogP contribution in [0.25, 0.3) is 0 Å². The van der Waals surface area contributed by atoms with Crippen molar-refractivity contribution in [2.24, 2.45) is 5.73 Å². The van der Waals surface area contributed by atoms with Gasteiger partial charge in [-0.2, -0.15) is 13.2 Å². The second-order valence-corrected chi connectivity index (χ2v) is 3.33. The van der Waals surface area contributed by atoms with Gasteiger partial charge in [0.25, 0.3) is 5.91 Å². The number of primary amides is 1. The third-order valence-corrected chi connectivity index (χ3v) is 1.89. The highest BCUT2D eigenvalue weighted by atomic mass is 19.4. The Morgan fingerprint density at radius 1 is 1.22 bits per heavy atom. The monoisotopic (exact) mass is 261 g/mol. The summed E-state index contributed by atoms with van der Waals surface area (Å²) in [7, 11) is 0. The smallest absolute Gasteiger partial charge is 0.366 e. The first-order valence-electron chi connectivity index (χ1n) is 4.80. The predicted molar refractivity (Wildman–Crippen MR) is 58.0 cm³/mol. The summed E-state index contributed by atoms with van der Waals surface area (Å²) in [6.45, 7) is -1.46. The molecule has 0 atom stereocenters. The zero-order chi connectivity index (χ0) is 13.8. The van der Waals surface area contributed by atoms with Gasteiger partial charge in [0.15, 0.2) is 0 Å². The van der Waals surface area contributed by atoms with Gasteiger partial charge in [-0.1, -0.05) is 12.1 Å². The van der Waals surface area contributed by atoms with E-state index in [1.54, 1.807) is 5.32 Å². The first-order chi connectivity index (χ1) is 8.29. The van der Waals surface area contributed by atoms with E-state index in [9.17, 15) is 22.8 Å². The topological polar surface area (TPSA) is 84.2 Å². The number of hydrogen-bond donors (Lipinski definition) is 3. The van der Waals surface area contributed by atoms with Gasteiger partial charge in [-0.05, 0) is 12.1 Å². The number of amides is 3. The zero-order valence-corrected chi connectivity index (χ0v) is 9.04. The van der Waals surface area contributed by atoms with Crippen LogP contribution in [0.4, 0.5) is 23.7 Å². The molecule has 0 saturated heterocycles. The maximum absolute atomic E-state index is 11.8. The minimum absolute atomic E-state index is 0.0136. The Bertz CT molecular complexity index is 460. The summed E-state index contributed by atoms with van der Waals surface area (Å²) < 4.78 is 35.5. The number of benzene rings is 1. The molecule has 0 unspecified atom stereocenters. The van der Waals surface area contributed by atoms with Crippen LogP contribution in [0.3, 0.4) is 0 Å². The van der Waals surface area contributed by atoms with Crippen molar-refractivity contribution in [3.63, 3.8) is 0 Å². The molecule has 0 fully saturated rings. The Balaban J connectivity index is 2.68. The molecule has 5 nitrogen and oxygen atoms in total. The van der Waals surface area contributed by atoms with E-state index in [0.29, 0.717) is 0 Å². The summed E-state index contributed by atoms with van der Waals surface area (Å²) in [6, 6.07) is 4.65. The lowest BCUT2D eigenvalue weighted by Gasteiger charge is -2.11.